The van der Waals surface area contributed by atoms with Crippen LogP contribution in [0.2, 0.25) is 0 Å². The SMILES string of the molecule is CC(=O)OC1CCC2(C)C(CCC3C2CCC2(C)C3CC3OC(CCC(C)O)C(C)C32)C1. The Hall–Kier alpha value is -0.610. The van der Waals surface area contributed by atoms with Crippen molar-refractivity contribution in [3.8, 4) is 0 Å². The summed E-state index contributed by atoms with van der Waals surface area (Å²) < 4.78 is 12.4. The highest BCUT2D eigenvalue weighted by molar-refractivity contribution is 5.66. The van der Waals surface area contributed by atoms with Crippen LogP contribution in [0, 0.1) is 46.3 Å². The van der Waals surface area contributed by atoms with Crippen molar-refractivity contribution in [2.24, 2.45) is 46.3 Å². The Morgan fingerprint density at radius 2 is 1.84 bits per heavy atom. The third-order valence-electron chi connectivity index (χ3n) is 11.4. The van der Waals surface area contributed by atoms with Gasteiger partial charge in [0.2, 0.25) is 0 Å². The minimum Gasteiger partial charge on any atom is -0.463 e. The van der Waals surface area contributed by atoms with Gasteiger partial charge in [-0.1, -0.05) is 20.8 Å². The van der Waals surface area contributed by atoms with E-state index in [9.17, 15) is 9.90 Å². The number of fused-ring (bicyclic) bond motifs is 7. The molecular weight excluding hydrogens is 400 g/mol. The normalized spacial score (nSPS) is 53.0. The third kappa shape index (κ3) is 3.58. The summed E-state index contributed by atoms with van der Waals surface area (Å²) in [6.45, 7) is 11.1. The molecule has 1 N–H and O–H groups in total. The Bertz CT molecular complexity index is 720. The molecule has 4 saturated carbocycles. The smallest absolute Gasteiger partial charge is 0.302 e. The molecule has 0 spiro atoms. The summed E-state index contributed by atoms with van der Waals surface area (Å²) in [5.41, 5.74) is 0.841. The van der Waals surface area contributed by atoms with E-state index in [1.807, 2.05) is 6.92 Å². The van der Waals surface area contributed by atoms with Crippen LogP contribution in [0.25, 0.3) is 0 Å². The summed E-state index contributed by atoms with van der Waals surface area (Å²) >= 11 is 0. The fourth-order valence-corrected chi connectivity index (χ4v) is 9.98. The van der Waals surface area contributed by atoms with Gasteiger partial charge in [0.1, 0.15) is 6.10 Å². The summed E-state index contributed by atoms with van der Waals surface area (Å²) in [5.74, 6) is 4.39. The largest absolute Gasteiger partial charge is 0.463 e. The van der Waals surface area contributed by atoms with E-state index in [1.54, 1.807) is 6.92 Å². The molecule has 12 atom stereocenters. The van der Waals surface area contributed by atoms with Gasteiger partial charge in [-0.3, -0.25) is 4.79 Å². The van der Waals surface area contributed by atoms with Crippen molar-refractivity contribution in [1.82, 2.24) is 0 Å². The lowest BCUT2D eigenvalue weighted by molar-refractivity contribution is -0.160. The third-order valence-corrected chi connectivity index (χ3v) is 11.4. The maximum absolute atomic E-state index is 11.5. The zero-order valence-electron chi connectivity index (χ0n) is 21.0. The van der Waals surface area contributed by atoms with E-state index in [0.29, 0.717) is 40.8 Å². The molecule has 5 fully saturated rings. The fourth-order valence-electron chi connectivity index (χ4n) is 9.98. The van der Waals surface area contributed by atoms with E-state index in [4.69, 9.17) is 9.47 Å². The van der Waals surface area contributed by atoms with Crippen LogP contribution in [0.4, 0.5) is 0 Å². The predicted octanol–water partition coefficient (Wildman–Crippen LogP) is 5.75. The summed E-state index contributed by atoms with van der Waals surface area (Å²) in [7, 11) is 0. The van der Waals surface area contributed by atoms with E-state index >= 15 is 0 Å². The number of carbonyl (C=O) groups excluding carboxylic acids is 1. The van der Waals surface area contributed by atoms with Gasteiger partial charge in [0, 0.05) is 6.92 Å². The van der Waals surface area contributed by atoms with E-state index in [2.05, 4.69) is 20.8 Å². The van der Waals surface area contributed by atoms with Gasteiger partial charge in [-0.15, -0.1) is 0 Å². The summed E-state index contributed by atoms with van der Waals surface area (Å²) in [6, 6.07) is 0. The molecule has 5 rings (SSSR count). The zero-order chi connectivity index (χ0) is 22.8. The van der Waals surface area contributed by atoms with Crippen molar-refractivity contribution in [3.05, 3.63) is 0 Å². The Labute approximate surface area is 195 Å². The number of aliphatic hydroxyl groups excluding tert-OH is 1. The second-order valence-electron chi connectivity index (χ2n) is 13.0. The predicted molar refractivity (Wildman–Crippen MR) is 125 cm³/mol. The molecule has 182 valence electrons. The second-order valence-corrected chi connectivity index (χ2v) is 13.0. The summed E-state index contributed by atoms with van der Waals surface area (Å²) in [5, 5.41) is 9.77. The first kappa shape index (κ1) is 23.1. The topological polar surface area (TPSA) is 55.8 Å². The van der Waals surface area contributed by atoms with Gasteiger partial charge < -0.3 is 14.6 Å². The summed E-state index contributed by atoms with van der Waals surface area (Å²) in [4.78, 5) is 11.5. The molecular formula is C28H46O4. The standard InChI is InChI=1S/C28H46O4/c1-16(29)6-9-24-17(2)26-25(32-24)15-23-21-8-7-19-14-20(31-18(3)30)10-12-27(19,4)22(21)11-13-28(23,26)5/h16-17,19-26,29H,6-15H2,1-5H3. The number of hydrogen-bond acceptors (Lipinski definition) is 4. The van der Waals surface area contributed by atoms with Crippen molar-refractivity contribution < 1.29 is 19.4 Å². The highest BCUT2D eigenvalue weighted by Gasteiger charge is 2.65. The molecule has 32 heavy (non-hydrogen) atoms. The maximum Gasteiger partial charge on any atom is 0.302 e. The van der Waals surface area contributed by atoms with E-state index in [1.165, 1.54) is 38.5 Å². The molecule has 0 amide bonds. The number of aliphatic hydroxyl groups is 1. The molecule has 0 aromatic rings. The highest BCUT2D eigenvalue weighted by Crippen LogP contribution is 2.70. The van der Waals surface area contributed by atoms with Gasteiger partial charge in [-0.25, -0.2) is 0 Å². The van der Waals surface area contributed by atoms with Gasteiger partial charge in [0.05, 0.1) is 18.3 Å². The molecule has 0 aromatic carbocycles. The van der Waals surface area contributed by atoms with E-state index < -0.39 is 0 Å². The minimum absolute atomic E-state index is 0.112. The zero-order valence-corrected chi connectivity index (χ0v) is 21.0. The Morgan fingerprint density at radius 1 is 1.09 bits per heavy atom. The number of carbonyl (C=O) groups is 1. The molecule has 12 unspecified atom stereocenters. The minimum atomic E-state index is -0.225. The molecule has 0 radical (unpaired) electrons. The van der Waals surface area contributed by atoms with E-state index in [-0.39, 0.29) is 18.2 Å². The van der Waals surface area contributed by atoms with Crippen LogP contribution >= 0.6 is 0 Å². The summed E-state index contributed by atoms with van der Waals surface area (Å²) in [6.07, 6.45) is 12.6. The van der Waals surface area contributed by atoms with Crippen LogP contribution in [-0.2, 0) is 14.3 Å². The molecule has 1 heterocycles. The van der Waals surface area contributed by atoms with E-state index in [0.717, 1.165) is 43.4 Å². The first-order chi connectivity index (χ1) is 15.1. The molecule has 5 aliphatic rings. The number of hydrogen-bond donors (Lipinski definition) is 1. The monoisotopic (exact) mass is 446 g/mol. The van der Waals surface area contributed by atoms with Crippen LogP contribution in [0.5, 0.6) is 0 Å². The van der Waals surface area contributed by atoms with Crippen molar-refractivity contribution >= 4 is 5.97 Å². The number of rotatable bonds is 4. The molecule has 1 saturated heterocycles. The maximum atomic E-state index is 11.5. The fraction of sp³-hybridized carbons (Fsp3) is 0.964. The van der Waals surface area contributed by atoms with Crippen molar-refractivity contribution in [2.75, 3.05) is 0 Å². The lowest BCUT2D eigenvalue weighted by atomic mass is 9.44. The molecule has 4 heteroatoms. The van der Waals surface area contributed by atoms with Crippen LogP contribution in [0.3, 0.4) is 0 Å². The Kier molecular flexibility index (Phi) is 5.97. The molecule has 4 aliphatic carbocycles. The Morgan fingerprint density at radius 3 is 2.56 bits per heavy atom. The van der Waals surface area contributed by atoms with Gasteiger partial charge in [0.25, 0.3) is 0 Å². The molecule has 0 bridgehead atoms. The van der Waals surface area contributed by atoms with Crippen molar-refractivity contribution in [1.29, 1.82) is 0 Å². The van der Waals surface area contributed by atoms with Gasteiger partial charge >= 0.3 is 5.97 Å². The molecule has 0 aromatic heterocycles. The van der Waals surface area contributed by atoms with Crippen LogP contribution in [-0.4, -0.2) is 35.5 Å². The average molecular weight is 447 g/mol. The lowest BCUT2D eigenvalue weighted by Crippen LogP contribution is -2.54. The van der Waals surface area contributed by atoms with Crippen LogP contribution in [0.15, 0.2) is 0 Å². The first-order valence-electron chi connectivity index (χ1n) is 13.6. The number of esters is 1. The van der Waals surface area contributed by atoms with Crippen molar-refractivity contribution in [2.45, 2.75) is 123 Å². The van der Waals surface area contributed by atoms with Gasteiger partial charge in [-0.05, 0) is 117 Å². The second kappa shape index (κ2) is 8.26. The average Bonchev–Trinajstić information content (AvgIpc) is 3.20. The lowest BCUT2D eigenvalue weighted by Gasteiger charge is -2.61. The first-order valence-corrected chi connectivity index (χ1v) is 13.6. The Balaban J connectivity index is 1.30. The highest BCUT2D eigenvalue weighted by atomic mass is 16.5. The van der Waals surface area contributed by atoms with Gasteiger partial charge in [0.15, 0.2) is 0 Å². The molecule has 1 aliphatic heterocycles. The quantitative estimate of drug-likeness (QED) is 0.559. The van der Waals surface area contributed by atoms with Crippen LogP contribution in [0.1, 0.15) is 98.8 Å². The van der Waals surface area contributed by atoms with Crippen LogP contribution < -0.4 is 0 Å². The molecule has 4 nitrogen and oxygen atoms in total. The number of ether oxygens (including phenoxy) is 2. The van der Waals surface area contributed by atoms with Crippen molar-refractivity contribution in [3.63, 3.8) is 0 Å². The van der Waals surface area contributed by atoms with Gasteiger partial charge in [-0.2, -0.15) is 0 Å².